The minimum absolute atomic E-state index is 0.0994. The van der Waals surface area contributed by atoms with Crippen LogP contribution in [0, 0.1) is 6.92 Å². The van der Waals surface area contributed by atoms with Crippen molar-refractivity contribution in [2.24, 2.45) is 0 Å². The van der Waals surface area contributed by atoms with E-state index in [-0.39, 0.29) is 18.7 Å². The van der Waals surface area contributed by atoms with Crippen LogP contribution in [-0.4, -0.2) is 89.2 Å². The number of nitrogens with one attached hydrogen (secondary N) is 3. The zero-order valence-corrected chi connectivity index (χ0v) is 24.3. The second-order valence-electron chi connectivity index (χ2n) is 10.8. The maximum Gasteiger partial charge on any atom is 0.262 e. The van der Waals surface area contributed by atoms with Crippen molar-refractivity contribution in [3.63, 3.8) is 0 Å². The molecule has 3 aliphatic heterocycles. The molecule has 1 aromatic heterocycles. The molecule has 12 heteroatoms. The van der Waals surface area contributed by atoms with Crippen molar-refractivity contribution < 1.29 is 24.0 Å². The Morgan fingerprint density at radius 2 is 1.63 bits per heavy atom. The van der Waals surface area contributed by atoms with Crippen molar-refractivity contribution >= 4 is 41.4 Å². The maximum atomic E-state index is 13.1. The third-order valence-electron chi connectivity index (χ3n) is 7.87. The largest absolute Gasteiger partial charge is 0.372 e. The number of amides is 4. The smallest absolute Gasteiger partial charge is 0.262 e. The van der Waals surface area contributed by atoms with Crippen LogP contribution in [0.5, 0.6) is 0 Å². The summed E-state index contributed by atoms with van der Waals surface area (Å²) in [7, 11) is 1.84. The van der Waals surface area contributed by atoms with Crippen molar-refractivity contribution in [1.29, 1.82) is 0 Å². The highest BCUT2D eigenvalue weighted by atomic mass is 16.2. The number of rotatable bonds is 7. The van der Waals surface area contributed by atoms with Crippen LogP contribution in [0.15, 0.2) is 48.5 Å². The number of carbonyl (C=O) groups is 5. The van der Waals surface area contributed by atoms with Crippen LogP contribution in [0.1, 0.15) is 50.4 Å². The lowest BCUT2D eigenvalue weighted by Crippen LogP contribution is -2.54. The molecule has 4 amide bonds. The SMILES string of the molecule is CNc1cc(C)[nH]n1.O=CCc1ccc(CN2CCN(c3ccc4c(c3)C(=O)N(C3CCC(=O)NC3=O)C4=O)CC2)cc1. The number of aromatic amines is 1. The lowest BCUT2D eigenvalue weighted by atomic mass is 10.0. The molecule has 6 rings (SSSR count). The van der Waals surface area contributed by atoms with E-state index < -0.39 is 23.8 Å². The number of piperazine rings is 1. The van der Waals surface area contributed by atoms with E-state index in [9.17, 15) is 24.0 Å². The Labute approximate surface area is 249 Å². The number of hydrogen-bond acceptors (Lipinski definition) is 9. The lowest BCUT2D eigenvalue weighted by molar-refractivity contribution is -0.136. The highest BCUT2D eigenvalue weighted by molar-refractivity contribution is 6.23. The molecular formula is C31H35N7O5. The fourth-order valence-electron chi connectivity index (χ4n) is 5.50. The van der Waals surface area contributed by atoms with Crippen molar-refractivity contribution in [1.82, 2.24) is 25.3 Å². The number of imide groups is 2. The number of aldehydes is 1. The molecular weight excluding hydrogens is 550 g/mol. The second kappa shape index (κ2) is 13.0. The van der Waals surface area contributed by atoms with Crippen LogP contribution in [0.2, 0.25) is 0 Å². The van der Waals surface area contributed by atoms with Crippen molar-refractivity contribution in [3.05, 3.63) is 76.5 Å². The van der Waals surface area contributed by atoms with Crippen molar-refractivity contribution in [3.8, 4) is 0 Å². The van der Waals surface area contributed by atoms with Crippen LogP contribution in [0.3, 0.4) is 0 Å². The topological polar surface area (TPSA) is 148 Å². The minimum atomic E-state index is -0.959. The number of fused-ring (bicyclic) bond motifs is 1. The molecule has 0 spiro atoms. The van der Waals surface area contributed by atoms with E-state index in [1.807, 2.05) is 38.2 Å². The number of H-pyrrole nitrogens is 1. The van der Waals surface area contributed by atoms with Gasteiger partial charge in [0.1, 0.15) is 18.1 Å². The van der Waals surface area contributed by atoms with Gasteiger partial charge in [-0.15, -0.1) is 0 Å². The quantitative estimate of drug-likeness (QED) is 0.279. The predicted octanol–water partition coefficient (Wildman–Crippen LogP) is 1.91. The summed E-state index contributed by atoms with van der Waals surface area (Å²) < 4.78 is 0. The summed E-state index contributed by atoms with van der Waals surface area (Å²) in [6.07, 6.45) is 1.58. The molecule has 43 heavy (non-hydrogen) atoms. The summed E-state index contributed by atoms with van der Waals surface area (Å²) in [5.74, 6) is -1.08. The van der Waals surface area contributed by atoms with E-state index in [2.05, 4.69) is 42.8 Å². The first-order valence-electron chi connectivity index (χ1n) is 14.3. The fourth-order valence-corrected chi connectivity index (χ4v) is 5.50. The Morgan fingerprint density at radius 3 is 2.23 bits per heavy atom. The molecule has 0 bridgehead atoms. The van der Waals surface area contributed by atoms with Gasteiger partial charge in [0.25, 0.3) is 11.8 Å². The van der Waals surface area contributed by atoms with Crippen molar-refractivity contribution in [2.45, 2.75) is 38.8 Å². The Bertz CT molecular complexity index is 1530. The van der Waals surface area contributed by atoms with Gasteiger partial charge in [-0.25, -0.2) is 0 Å². The van der Waals surface area contributed by atoms with E-state index in [1.165, 1.54) is 5.56 Å². The molecule has 12 nitrogen and oxygen atoms in total. The summed E-state index contributed by atoms with van der Waals surface area (Å²) in [4.78, 5) is 65.9. The number of nitrogens with zero attached hydrogens (tertiary/aromatic N) is 4. The summed E-state index contributed by atoms with van der Waals surface area (Å²) in [6.45, 7) is 6.05. The van der Waals surface area contributed by atoms with Crippen LogP contribution in [0.4, 0.5) is 11.5 Å². The molecule has 3 aliphatic rings. The van der Waals surface area contributed by atoms with Gasteiger partial charge in [0.2, 0.25) is 11.8 Å². The summed E-state index contributed by atoms with van der Waals surface area (Å²) >= 11 is 0. The van der Waals surface area contributed by atoms with Gasteiger partial charge in [-0.3, -0.25) is 39.4 Å². The van der Waals surface area contributed by atoms with Gasteiger partial charge in [0.05, 0.1) is 11.1 Å². The fraction of sp³-hybridized carbons (Fsp3) is 0.355. The number of hydrogen-bond donors (Lipinski definition) is 3. The summed E-state index contributed by atoms with van der Waals surface area (Å²) in [5, 5.41) is 11.8. The zero-order valence-electron chi connectivity index (χ0n) is 24.3. The minimum Gasteiger partial charge on any atom is -0.372 e. The van der Waals surface area contributed by atoms with Gasteiger partial charge in [0.15, 0.2) is 0 Å². The van der Waals surface area contributed by atoms with Crippen LogP contribution in [-0.2, 0) is 27.3 Å². The number of anilines is 2. The average Bonchev–Trinajstić information content (AvgIpc) is 3.54. The van der Waals surface area contributed by atoms with Gasteiger partial charge >= 0.3 is 0 Å². The summed E-state index contributed by atoms with van der Waals surface area (Å²) in [6, 6.07) is 14.3. The average molecular weight is 586 g/mol. The highest BCUT2D eigenvalue weighted by Gasteiger charge is 2.44. The van der Waals surface area contributed by atoms with E-state index in [4.69, 9.17) is 0 Å². The Morgan fingerprint density at radius 1 is 0.930 bits per heavy atom. The first-order valence-corrected chi connectivity index (χ1v) is 14.3. The zero-order chi connectivity index (χ0) is 30.5. The van der Waals surface area contributed by atoms with E-state index in [0.29, 0.717) is 17.5 Å². The molecule has 3 N–H and O–H groups in total. The predicted molar refractivity (Wildman–Crippen MR) is 160 cm³/mol. The molecule has 2 saturated heterocycles. The highest BCUT2D eigenvalue weighted by Crippen LogP contribution is 2.31. The Balaban J connectivity index is 0.000000400. The van der Waals surface area contributed by atoms with Crippen LogP contribution < -0.4 is 15.5 Å². The van der Waals surface area contributed by atoms with Gasteiger partial charge in [-0.2, -0.15) is 5.10 Å². The monoisotopic (exact) mass is 585 g/mol. The molecule has 0 radical (unpaired) electrons. The van der Waals surface area contributed by atoms with Crippen LogP contribution >= 0.6 is 0 Å². The third-order valence-corrected chi connectivity index (χ3v) is 7.87. The van der Waals surface area contributed by atoms with Crippen LogP contribution in [0.25, 0.3) is 0 Å². The number of aromatic nitrogens is 2. The standard InChI is InChI=1S/C26H26N4O5.C5H9N3/c31-14-9-17-1-3-18(4-2-17)16-28-10-12-29(13-11-28)19-5-6-20-21(15-19)26(35)30(25(20)34)22-7-8-23(32)27-24(22)33;1-4-3-5(6-2)8-7-4/h1-6,14-15,22H,7-13,16H2,(H,27,32,33);3H,1-2H3,(H2,6,7,8). The number of carbonyl (C=O) groups excluding carboxylic acids is 5. The molecule has 4 heterocycles. The molecule has 1 unspecified atom stereocenters. The maximum absolute atomic E-state index is 13.1. The number of benzene rings is 2. The third kappa shape index (κ3) is 6.64. The Hall–Kier alpha value is -4.84. The van der Waals surface area contributed by atoms with Gasteiger partial charge in [-0.05, 0) is 42.7 Å². The normalized spacial score (nSPS) is 18.6. The number of piperidine rings is 1. The number of aryl methyl sites for hydroxylation is 1. The van der Waals surface area contributed by atoms with E-state index in [0.717, 1.165) is 66.7 Å². The molecule has 224 valence electrons. The molecule has 2 aromatic carbocycles. The first-order chi connectivity index (χ1) is 20.8. The molecule has 3 aromatic rings. The van der Waals surface area contributed by atoms with E-state index >= 15 is 0 Å². The van der Waals surface area contributed by atoms with E-state index in [1.54, 1.807) is 12.1 Å². The van der Waals surface area contributed by atoms with Gasteiger partial charge in [-0.1, -0.05) is 24.3 Å². The first kappa shape index (κ1) is 29.6. The Kier molecular flexibility index (Phi) is 8.96. The molecule has 1 atom stereocenters. The molecule has 0 aliphatic carbocycles. The van der Waals surface area contributed by atoms with Gasteiger partial charge < -0.3 is 15.0 Å². The summed E-state index contributed by atoms with van der Waals surface area (Å²) in [5.41, 5.74) is 4.75. The van der Waals surface area contributed by atoms with Crippen molar-refractivity contribution in [2.75, 3.05) is 43.4 Å². The molecule has 0 saturated carbocycles. The van der Waals surface area contributed by atoms with Gasteiger partial charge in [0, 0.05) is 70.1 Å². The molecule has 2 fully saturated rings. The lowest BCUT2D eigenvalue weighted by Gasteiger charge is -2.36. The second-order valence-corrected chi connectivity index (χ2v) is 10.8.